The van der Waals surface area contributed by atoms with E-state index in [0.717, 1.165) is 27.8 Å². The van der Waals surface area contributed by atoms with E-state index in [4.69, 9.17) is 32.4 Å². The Kier molecular flexibility index (Phi) is 4.99. The third-order valence-corrected chi connectivity index (χ3v) is 5.83. The Hall–Kier alpha value is -2.79. The summed E-state index contributed by atoms with van der Waals surface area (Å²) < 4.78 is 11.7. The quantitative estimate of drug-likeness (QED) is 0.362. The van der Waals surface area contributed by atoms with Crippen molar-refractivity contribution in [3.05, 3.63) is 98.3 Å². The summed E-state index contributed by atoms with van der Waals surface area (Å²) in [6, 6.07) is 20.7. The second-order valence-electron chi connectivity index (χ2n) is 7.27. The van der Waals surface area contributed by atoms with Gasteiger partial charge in [0.2, 0.25) is 0 Å². The highest BCUT2D eigenvalue weighted by molar-refractivity contribution is 6.35. The third-order valence-electron chi connectivity index (χ3n) is 5.24. The van der Waals surface area contributed by atoms with E-state index in [2.05, 4.69) is 4.90 Å². The number of fused-ring (bicyclic) bond motifs is 3. The number of hydrogen-bond acceptors (Lipinski definition) is 4. The molecule has 4 nitrogen and oxygen atoms in total. The van der Waals surface area contributed by atoms with Crippen LogP contribution in [0.25, 0.3) is 22.1 Å². The molecule has 0 spiro atoms. The molecule has 6 heteroatoms. The van der Waals surface area contributed by atoms with Crippen LogP contribution in [0.4, 0.5) is 0 Å². The number of ether oxygens (including phenoxy) is 1. The fraction of sp³-hybridized carbons (Fsp3) is 0.125. The molecule has 0 N–H and O–H groups in total. The summed E-state index contributed by atoms with van der Waals surface area (Å²) in [4.78, 5) is 14.8. The lowest BCUT2D eigenvalue weighted by molar-refractivity contribution is 0.0890. The Morgan fingerprint density at radius 2 is 1.80 bits per heavy atom. The molecule has 30 heavy (non-hydrogen) atoms. The molecule has 0 aliphatic carbocycles. The van der Waals surface area contributed by atoms with E-state index in [-0.39, 0.29) is 5.63 Å². The van der Waals surface area contributed by atoms with E-state index >= 15 is 0 Å². The number of hydrogen-bond donors (Lipinski definition) is 0. The first-order valence-electron chi connectivity index (χ1n) is 9.53. The predicted molar refractivity (Wildman–Crippen MR) is 119 cm³/mol. The summed E-state index contributed by atoms with van der Waals surface area (Å²) in [6.45, 7) is 1.60. The minimum Gasteiger partial charge on any atom is -0.478 e. The molecular formula is C24H17Cl2NO3. The Labute approximate surface area is 183 Å². The molecule has 4 aromatic rings. The van der Waals surface area contributed by atoms with Crippen LogP contribution in [0.5, 0.6) is 5.75 Å². The standard InChI is InChI=1S/C24H17Cl2NO3/c25-18-8-6-17(21(26)11-18)12-27-13-20-22(29-14-27)9-7-16-10-19(24(28)30-23(16)20)15-4-2-1-3-5-15/h1-11H,12-14H2. The summed E-state index contributed by atoms with van der Waals surface area (Å²) in [5, 5.41) is 2.08. The number of rotatable bonds is 3. The van der Waals surface area contributed by atoms with Crippen LogP contribution >= 0.6 is 23.2 Å². The molecule has 5 rings (SSSR count). The summed E-state index contributed by atoms with van der Waals surface area (Å²) >= 11 is 12.3. The first-order valence-corrected chi connectivity index (χ1v) is 10.3. The Balaban J connectivity index is 1.51. The van der Waals surface area contributed by atoms with Gasteiger partial charge in [0, 0.05) is 28.5 Å². The maximum absolute atomic E-state index is 12.7. The molecule has 0 saturated heterocycles. The van der Waals surface area contributed by atoms with Gasteiger partial charge in [0.15, 0.2) is 0 Å². The van der Waals surface area contributed by atoms with E-state index < -0.39 is 0 Å². The van der Waals surface area contributed by atoms with Gasteiger partial charge in [-0.25, -0.2) is 4.79 Å². The van der Waals surface area contributed by atoms with E-state index in [0.29, 0.717) is 41.0 Å². The van der Waals surface area contributed by atoms with Crippen LogP contribution in [0, 0.1) is 0 Å². The van der Waals surface area contributed by atoms with Gasteiger partial charge in [0.05, 0.1) is 11.1 Å². The van der Waals surface area contributed by atoms with Crippen molar-refractivity contribution in [2.45, 2.75) is 13.1 Å². The number of benzene rings is 3. The summed E-state index contributed by atoms with van der Waals surface area (Å²) in [5.74, 6) is 0.733. The zero-order valence-electron chi connectivity index (χ0n) is 15.9. The van der Waals surface area contributed by atoms with Gasteiger partial charge in [0.25, 0.3) is 0 Å². The van der Waals surface area contributed by atoms with Gasteiger partial charge in [-0.2, -0.15) is 0 Å². The van der Waals surface area contributed by atoms with Crippen LogP contribution in [0.2, 0.25) is 10.0 Å². The average molecular weight is 438 g/mol. The average Bonchev–Trinajstić information content (AvgIpc) is 2.76. The van der Waals surface area contributed by atoms with Gasteiger partial charge in [-0.15, -0.1) is 0 Å². The van der Waals surface area contributed by atoms with Crippen molar-refractivity contribution < 1.29 is 9.15 Å². The van der Waals surface area contributed by atoms with Gasteiger partial charge >= 0.3 is 5.63 Å². The first kappa shape index (κ1) is 19.2. The largest absolute Gasteiger partial charge is 0.478 e. The van der Waals surface area contributed by atoms with Gasteiger partial charge in [-0.3, -0.25) is 4.90 Å². The molecule has 1 aliphatic heterocycles. The second-order valence-corrected chi connectivity index (χ2v) is 8.11. The normalized spacial score (nSPS) is 13.8. The Morgan fingerprint density at radius 1 is 0.967 bits per heavy atom. The highest BCUT2D eigenvalue weighted by Gasteiger charge is 2.23. The number of halogens is 2. The van der Waals surface area contributed by atoms with Crippen LogP contribution in [0.1, 0.15) is 11.1 Å². The van der Waals surface area contributed by atoms with Crippen molar-refractivity contribution >= 4 is 34.2 Å². The molecule has 0 amide bonds. The molecule has 2 heterocycles. The highest BCUT2D eigenvalue weighted by Crippen LogP contribution is 2.34. The van der Waals surface area contributed by atoms with Gasteiger partial charge < -0.3 is 9.15 Å². The Morgan fingerprint density at radius 3 is 2.60 bits per heavy atom. The summed E-state index contributed by atoms with van der Waals surface area (Å²) in [6.07, 6.45) is 0. The van der Waals surface area contributed by atoms with Crippen molar-refractivity contribution in [3.8, 4) is 16.9 Å². The molecule has 0 radical (unpaired) electrons. The van der Waals surface area contributed by atoms with E-state index in [1.54, 1.807) is 6.07 Å². The van der Waals surface area contributed by atoms with Gasteiger partial charge in [0.1, 0.15) is 18.1 Å². The van der Waals surface area contributed by atoms with Crippen molar-refractivity contribution in [2.75, 3.05) is 6.73 Å². The maximum atomic E-state index is 12.7. The lowest BCUT2D eigenvalue weighted by Crippen LogP contribution is -2.31. The summed E-state index contributed by atoms with van der Waals surface area (Å²) in [7, 11) is 0. The summed E-state index contributed by atoms with van der Waals surface area (Å²) in [5.41, 5.74) is 3.40. The van der Waals surface area contributed by atoms with Crippen molar-refractivity contribution in [1.29, 1.82) is 0 Å². The smallest absolute Gasteiger partial charge is 0.344 e. The monoisotopic (exact) mass is 437 g/mol. The number of nitrogens with zero attached hydrogens (tertiary/aromatic N) is 1. The lowest BCUT2D eigenvalue weighted by atomic mass is 10.0. The molecular weight excluding hydrogens is 421 g/mol. The van der Waals surface area contributed by atoms with Crippen molar-refractivity contribution in [1.82, 2.24) is 4.90 Å². The van der Waals surface area contributed by atoms with Crippen molar-refractivity contribution in [2.24, 2.45) is 0 Å². The molecule has 0 atom stereocenters. The second kappa shape index (κ2) is 7.80. The zero-order valence-corrected chi connectivity index (χ0v) is 17.4. The van der Waals surface area contributed by atoms with Crippen LogP contribution in [0.15, 0.2) is 75.9 Å². The van der Waals surface area contributed by atoms with Crippen LogP contribution in [-0.2, 0) is 13.1 Å². The van der Waals surface area contributed by atoms with E-state index in [1.165, 1.54) is 0 Å². The zero-order chi connectivity index (χ0) is 20.7. The topological polar surface area (TPSA) is 42.7 Å². The van der Waals surface area contributed by atoms with E-state index in [1.807, 2.05) is 60.7 Å². The van der Waals surface area contributed by atoms with E-state index in [9.17, 15) is 4.79 Å². The molecule has 1 aromatic heterocycles. The fourth-order valence-corrected chi connectivity index (χ4v) is 4.22. The van der Waals surface area contributed by atoms with Crippen LogP contribution in [0.3, 0.4) is 0 Å². The van der Waals surface area contributed by atoms with Crippen LogP contribution < -0.4 is 10.4 Å². The Bertz CT molecular complexity index is 1300. The SMILES string of the molecule is O=c1oc2c3c(ccc2cc1-c1ccccc1)OCN(Cc1ccc(Cl)cc1Cl)C3. The molecule has 1 aliphatic rings. The molecule has 150 valence electrons. The van der Waals surface area contributed by atoms with Crippen molar-refractivity contribution in [3.63, 3.8) is 0 Å². The minimum atomic E-state index is -0.361. The predicted octanol–water partition coefficient (Wildman–Crippen LogP) is 6.12. The minimum absolute atomic E-state index is 0.361. The van der Waals surface area contributed by atoms with Crippen LogP contribution in [-0.4, -0.2) is 11.6 Å². The fourth-order valence-electron chi connectivity index (χ4n) is 3.75. The molecule has 0 bridgehead atoms. The van der Waals surface area contributed by atoms with Gasteiger partial charge in [-0.1, -0.05) is 59.6 Å². The van der Waals surface area contributed by atoms with Gasteiger partial charge in [-0.05, 0) is 41.5 Å². The molecule has 3 aromatic carbocycles. The maximum Gasteiger partial charge on any atom is 0.344 e. The third kappa shape index (κ3) is 3.58. The molecule has 0 unspecified atom stereocenters. The molecule has 0 fully saturated rings. The highest BCUT2D eigenvalue weighted by atomic mass is 35.5. The first-order chi connectivity index (χ1) is 14.6. The lowest BCUT2D eigenvalue weighted by Gasteiger charge is -2.29. The molecule has 0 saturated carbocycles.